The summed E-state index contributed by atoms with van der Waals surface area (Å²) in [7, 11) is 0. The number of hydrogen-bond acceptors (Lipinski definition) is 2. The lowest BCUT2D eigenvalue weighted by molar-refractivity contribution is -0.142. The Kier molecular flexibility index (Phi) is 7.98. The molecular weight excluding hydrogens is 727 g/mol. The topological polar surface area (TPSA) is 42.3 Å². The molecule has 4 nitrogen and oxygen atoms in total. The first-order chi connectivity index (χ1) is 26.9. The fourth-order valence-electron chi connectivity index (χ4n) is 7.75. The van der Waals surface area contributed by atoms with Crippen molar-refractivity contribution in [3.8, 4) is 39.1 Å². The number of anilines is 1. The smallest absolute Gasteiger partial charge is 0.308 e. The van der Waals surface area contributed by atoms with Gasteiger partial charge in [-0.05, 0) is 58.7 Å². The molecule has 1 aliphatic rings. The third-order valence-corrected chi connectivity index (χ3v) is 10.2. The van der Waals surface area contributed by atoms with Crippen molar-refractivity contribution in [1.29, 1.82) is 0 Å². The minimum Gasteiger partial charge on any atom is -0.308 e. The summed E-state index contributed by atoms with van der Waals surface area (Å²) < 4.78 is 85.5. The van der Waals surface area contributed by atoms with Gasteiger partial charge in [0.05, 0.1) is 44.7 Å². The van der Waals surface area contributed by atoms with E-state index in [1.54, 1.807) is 47.0 Å². The zero-order chi connectivity index (χ0) is 38.9. The summed E-state index contributed by atoms with van der Waals surface area (Å²) in [5.41, 5.74) is 1.54. The molecule has 0 atom stereocenters. The third-order valence-electron chi connectivity index (χ3n) is 10.2. The van der Waals surface area contributed by atoms with Crippen LogP contribution in [-0.4, -0.2) is 16.4 Å². The highest BCUT2D eigenvalue weighted by Crippen LogP contribution is 2.46. The predicted molar refractivity (Wildman–Crippen MR) is 205 cm³/mol. The number of para-hydroxylation sites is 2. The van der Waals surface area contributed by atoms with E-state index in [0.717, 1.165) is 17.2 Å². The number of alkyl halides is 6. The number of rotatable bonds is 5. The summed E-state index contributed by atoms with van der Waals surface area (Å²) in [4.78, 5) is 30.8. The van der Waals surface area contributed by atoms with Crippen molar-refractivity contribution in [2.24, 2.45) is 0 Å². The van der Waals surface area contributed by atoms with Crippen LogP contribution in [0, 0.1) is 0 Å². The summed E-state index contributed by atoms with van der Waals surface area (Å²) in [6, 6.07) is 42.6. The molecule has 0 aliphatic carbocycles. The number of halogens is 6. The van der Waals surface area contributed by atoms with Crippen LogP contribution in [0.3, 0.4) is 0 Å². The van der Waals surface area contributed by atoms with Gasteiger partial charge >= 0.3 is 12.4 Å². The Morgan fingerprint density at radius 2 is 1.02 bits per heavy atom. The average molecular weight is 753 g/mol. The minimum absolute atomic E-state index is 0.0171. The molecule has 0 spiro atoms. The van der Waals surface area contributed by atoms with E-state index in [0.29, 0.717) is 50.4 Å². The van der Waals surface area contributed by atoms with Crippen molar-refractivity contribution in [3.05, 3.63) is 180 Å². The molecule has 0 fully saturated rings. The van der Waals surface area contributed by atoms with E-state index in [1.807, 2.05) is 84.9 Å². The van der Waals surface area contributed by atoms with Crippen LogP contribution < -0.4 is 4.90 Å². The number of nitrogens with zero attached hydrogens (tertiary/aromatic N) is 2. The van der Waals surface area contributed by atoms with E-state index < -0.39 is 40.9 Å². The summed E-state index contributed by atoms with van der Waals surface area (Å²) in [5.74, 6) is -1.14. The molecule has 0 radical (unpaired) electrons. The van der Waals surface area contributed by atoms with E-state index in [1.165, 1.54) is 17.0 Å². The number of amides is 2. The lowest BCUT2D eigenvalue weighted by Gasteiger charge is -2.23. The number of fused-ring (bicyclic) bond motifs is 4. The molecule has 274 valence electrons. The highest BCUT2D eigenvalue weighted by molar-refractivity contribution is 6.37. The molecular formula is C46H26F6N2O2. The van der Waals surface area contributed by atoms with Crippen molar-refractivity contribution >= 4 is 39.3 Å². The Balaban J connectivity index is 1.27. The standard InChI is InChI=1S/C46H26F6N2O2/c47-45(48,49)30-22-24-31(37(26-30)46(50,51)52)29-21-23-35-34-15-7-8-19-38(34)53(40(35)25-29)39-20-10-18-36-41(39)44(56)54(43(36)55)42-32(27-11-3-1-4-12-27)16-9-17-33(42)28-13-5-2-6-14-28/h1-26H. The number of imide groups is 1. The number of hydrogen-bond donors (Lipinski definition) is 0. The molecule has 7 aromatic carbocycles. The van der Waals surface area contributed by atoms with Crippen molar-refractivity contribution in [2.45, 2.75) is 12.4 Å². The van der Waals surface area contributed by atoms with E-state index in [2.05, 4.69) is 0 Å². The van der Waals surface area contributed by atoms with Crippen LogP contribution in [0.5, 0.6) is 0 Å². The Morgan fingerprint density at radius 1 is 0.429 bits per heavy atom. The second-order valence-corrected chi connectivity index (χ2v) is 13.4. The van der Waals surface area contributed by atoms with E-state index in [-0.39, 0.29) is 22.8 Å². The first-order valence-corrected chi connectivity index (χ1v) is 17.5. The van der Waals surface area contributed by atoms with Crippen LogP contribution in [0.1, 0.15) is 31.8 Å². The lowest BCUT2D eigenvalue weighted by atomic mass is 9.95. The number of aromatic nitrogens is 1. The lowest BCUT2D eigenvalue weighted by Crippen LogP contribution is -2.30. The normalized spacial score (nSPS) is 13.2. The largest absolute Gasteiger partial charge is 0.417 e. The molecule has 0 bridgehead atoms. The molecule has 0 N–H and O–H groups in total. The van der Waals surface area contributed by atoms with Gasteiger partial charge in [-0.2, -0.15) is 26.3 Å². The quantitative estimate of drug-likeness (QED) is 0.130. The molecule has 8 aromatic rings. The van der Waals surface area contributed by atoms with Crippen LogP contribution in [0.25, 0.3) is 60.9 Å². The van der Waals surface area contributed by atoms with Crippen LogP contribution >= 0.6 is 0 Å². The average Bonchev–Trinajstić information content (AvgIpc) is 3.67. The first kappa shape index (κ1) is 34.8. The van der Waals surface area contributed by atoms with Crippen LogP contribution in [0.2, 0.25) is 0 Å². The molecule has 0 saturated heterocycles. The van der Waals surface area contributed by atoms with Gasteiger partial charge in [-0.1, -0.05) is 121 Å². The van der Waals surface area contributed by atoms with Gasteiger partial charge in [0, 0.05) is 21.9 Å². The van der Waals surface area contributed by atoms with E-state index >= 15 is 0 Å². The zero-order valence-corrected chi connectivity index (χ0v) is 29.0. The van der Waals surface area contributed by atoms with Gasteiger partial charge in [-0.25, -0.2) is 4.90 Å². The van der Waals surface area contributed by atoms with Gasteiger partial charge < -0.3 is 4.57 Å². The molecule has 2 amide bonds. The second-order valence-electron chi connectivity index (χ2n) is 13.4. The van der Waals surface area contributed by atoms with Gasteiger partial charge in [0.2, 0.25) is 0 Å². The van der Waals surface area contributed by atoms with Crippen LogP contribution in [-0.2, 0) is 12.4 Å². The summed E-state index contributed by atoms with van der Waals surface area (Å²) >= 11 is 0. The van der Waals surface area contributed by atoms with Gasteiger partial charge in [0.15, 0.2) is 0 Å². The summed E-state index contributed by atoms with van der Waals surface area (Å²) in [5, 5.41) is 1.33. The van der Waals surface area contributed by atoms with Gasteiger partial charge in [-0.3, -0.25) is 9.59 Å². The Labute approximate surface area is 315 Å². The number of benzene rings is 7. The van der Waals surface area contributed by atoms with Crippen LogP contribution in [0.4, 0.5) is 32.0 Å². The number of carbonyl (C=O) groups excluding carboxylic acids is 2. The molecule has 9 rings (SSSR count). The predicted octanol–water partition coefficient (Wildman–Crippen LogP) is 12.6. The van der Waals surface area contributed by atoms with E-state index in [4.69, 9.17) is 0 Å². The maximum Gasteiger partial charge on any atom is 0.417 e. The molecule has 10 heteroatoms. The van der Waals surface area contributed by atoms with Crippen molar-refractivity contribution < 1.29 is 35.9 Å². The first-order valence-electron chi connectivity index (χ1n) is 17.5. The fourth-order valence-corrected chi connectivity index (χ4v) is 7.75. The monoisotopic (exact) mass is 752 g/mol. The number of carbonyl (C=O) groups is 2. The maximum absolute atomic E-state index is 15.0. The molecule has 0 saturated carbocycles. The Hall–Kier alpha value is -6.94. The minimum atomic E-state index is -5.09. The molecule has 1 aromatic heterocycles. The molecule has 0 unspecified atom stereocenters. The molecule has 56 heavy (non-hydrogen) atoms. The Bertz CT molecular complexity index is 2820. The van der Waals surface area contributed by atoms with Crippen LogP contribution in [0.15, 0.2) is 158 Å². The molecule has 2 heterocycles. The summed E-state index contributed by atoms with van der Waals surface area (Å²) in [6.07, 6.45) is -10.1. The SMILES string of the molecule is O=C1c2cccc(-n3c4ccccc4c4ccc(-c5ccc(C(F)(F)F)cc5C(F)(F)F)cc43)c2C(=O)N1c1c(-c2ccccc2)cccc1-c1ccccc1. The van der Waals surface area contributed by atoms with Gasteiger partial charge in [-0.15, -0.1) is 0 Å². The van der Waals surface area contributed by atoms with E-state index in [9.17, 15) is 35.9 Å². The zero-order valence-electron chi connectivity index (χ0n) is 29.0. The highest BCUT2D eigenvalue weighted by Gasteiger charge is 2.42. The van der Waals surface area contributed by atoms with Crippen molar-refractivity contribution in [2.75, 3.05) is 4.90 Å². The van der Waals surface area contributed by atoms with Gasteiger partial charge in [0.25, 0.3) is 11.8 Å². The molecule has 1 aliphatic heterocycles. The highest BCUT2D eigenvalue weighted by atomic mass is 19.4. The van der Waals surface area contributed by atoms with Crippen molar-refractivity contribution in [3.63, 3.8) is 0 Å². The summed E-state index contributed by atoms with van der Waals surface area (Å²) in [6.45, 7) is 0. The Morgan fingerprint density at radius 3 is 1.66 bits per heavy atom. The second kappa shape index (κ2) is 12.8. The third kappa shape index (κ3) is 5.56. The van der Waals surface area contributed by atoms with Crippen molar-refractivity contribution in [1.82, 2.24) is 4.57 Å². The van der Waals surface area contributed by atoms with Gasteiger partial charge in [0.1, 0.15) is 0 Å². The maximum atomic E-state index is 15.0. The fraction of sp³-hybridized carbons (Fsp3) is 0.0435.